The van der Waals surface area contributed by atoms with E-state index >= 15 is 0 Å². The molecule has 11 heteroatoms. The molecule has 2 aromatic carbocycles. The van der Waals surface area contributed by atoms with Gasteiger partial charge in [0.05, 0.1) is 17.2 Å². The fraction of sp³-hybridized carbons (Fsp3) is 0.348. The molecule has 1 saturated heterocycles. The van der Waals surface area contributed by atoms with E-state index in [1.165, 1.54) is 11.8 Å². The van der Waals surface area contributed by atoms with Crippen LogP contribution in [0, 0.1) is 17.6 Å². The predicted octanol–water partition coefficient (Wildman–Crippen LogP) is 4.41. The molecule has 1 unspecified atom stereocenters. The highest BCUT2D eigenvalue weighted by atomic mass is 19.4. The van der Waals surface area contributed by atoms with Crippen LogP contribution < -0.4 is 5.32 Å². The van der Waals surface area contributed by atoms with Crippen molar-refractivity contribution in [2.75, 3.05) is 18.4 Å². The van der Waals surface area contributed by atoms with Gasteiger partial charge in [0.15, 0.2) is 6.10 Å². The molecule has 0 bridgehead atoms. The minimum absolute atomic E-state index is 0.104. The summed E-state index contributed by atoms with van der Waals surface area (Å²) >= 11 is 0. The van der Waals surface area contributed by atoms with Crippen molar-refractivity contribution in [2.45, 2.75) is 32.0 Å². The lowest BCUT2D eigenvalue weighted by molar-refractivity contribution is -0.158. The number of likely N-dealkylation sites (tertiary alicyclic amines) is 1. The highest BCUT2D eigenvalue weighted by molar-refractivity contribution is 5.95. The van der Waals surface area contributed by atoms with Crippen LogP contribution in [0.4, 0.5) is 27.6 Å². The van der Waals surface area contributed by atoms with Crippen molar-refractivity contribution < 1.29 is 41.1 Å². The lowest BCUT2D eigenvalue weighted by Gasteiger charge is -2.31. The number of amides is 2. The number of ether oxygens (including phenoxy) is 1. The third kappa shape index (κ3) is 6.09. The maximum Gasteiger partial charge on any atom is 0.416 e. The highest BCUT2D eigenvalue weighted by Gasteiger charge is 2.32. The van der Waals surface area contributed by atoms with E-state index in [9.17, 15) is 36.3 Å². The molecule has 1 aliphatic rings. The van der Waals surface area contributed by atoms with Gasteiger partial charge >= 0.3 is 12.1 Å². The van der Waals surface area contributed by atoms with E-state index in [0.29, 0.717) is 6.07 Å². The van der Waals surface area contributed by atoms with Crippen LogP contribution in [0.25, 0.3) is 0 Å². The van der Waals surface area contributed by atoms with Crippen LogP contribution in [-0.4, -0.2) is 41.9 Å². The lowest BCUT2D eigenvalue weighted by atomic mass is 9.96. The molecule has 2 aromatic rings. The van der Waals surface area contributed by atoms with Crippen LogP contribution in [0.1, 0.15) is 35.7 Å². The Hall–Kier alpha value is -3.50. The van der Waals surface area contributed by atoms with Gasteiger partial charge in [-0.05, 0) is 56.2 Å². The second-order valence-corrected chi connectivity index (χ2v) is 7.83. The molecule has 2 amide bonds. The first-order valence-electron chi connectivity index (χ1n) is 10.4. The molecule has 0 spiro atoms. The maximum absolute atomic E-state index is 13.7. The third-order valence-electron chi connectivity index (χ3n) is 5.43. The molecule has 182 valence electrons. The van der Waals surface area contributed by atoms with Gasteiger partial charge in [0, 0.05) is 24.7 Å². The molecule has 1 N–H and O–H groups in total. The van der Waals surface area contributed by atoms with Crippen LogP contribution >= 0.6 is 0 Å². The average molecular weight is 484 g/mol. The summed E-state index contributed by atoms with van der Waals surface area (Å²) in [6.07, 6.45) is -5.26. The Balaban J connectivity index is 1.50. The Morgan fingerprint density at radius 1 is 1.03 bits per heavy atom. The van der Waals surface area contributed by atoms with Crippen LogP contribution in [-0.2, 0) is 20.5 Å². The maximum atomic E-state index is 13.7. The number of carbonyl (C=O) groups excluding carboxylic acids is 3. The zero-order valence-corrected chi connectivity index (χ0v) is 18.0. The molecule has 3 rings (SSSR count). The SMILES string of the molecule is CC(OC(=O)C1CCN(C(=O)c2ccc(C(F)(F)F)cc2)CC1)C(=O)Nc1ccc(F)cc1F. The Labute approximate surface area is 191 Å². The second kappa shape index (κ2) is 10.2. The van der Waals surface area contributed by atoms with Gasteiger partial charge in [-0.1, -0.05) is 0 Å². The summed E-state index contributed by atoms with van der Waals surface area (Å²) in [6, 6.07) is 6.50. The number of alkyl halides is 3. The summed E-state index contributed by atoms with van der Waals surface area (Å²) in [5.41, 5.74) is -1.01. The molecule has 1 heterocycles. The monoisotopic (exact) mass is 484 g/mol. The molecule has 1 fully saturated rings. The number of nitrogens with one attached hydrogen (secondary N) is 1. The third-order valence-corrected chi connectivity index (χ3v) is 5.43. The number of halogens is 5. The van der Waals surface area contributed by atoms with Crippen molar-refractivity contribution in [3.05, 3.63) is 65.2 Å². The van der Waals surface area contributed by atoms with Gasteiger partial charge in [0.2, 0.25) is 0 Å². The Kier molecular flexibility index (Phi) is 7.53. The van der Waals surface area contributed by atoms with Crippen molar-refractivity contribution in [1.82, 2.24) is 4.90 Å². The predicted molar refractivity (Wildman–Crippen MR) is 111 cm³/mol. The molecular formula is C23H21F5N2O4. The number of nitrogens with zero attached hydrogens (tertiary/aromatic N) is 1. The summed E-state index contributed by atoms with van der Waals surface area (Å²) in [5, 5.41) is 2.22. The number of benzene rings is 2. The molecule has 1 aliphatic heterocycles. The van der Waals surface area contributed by atoms with Gasteiger partial charge in [-0.15, -0.1) is 0 Å². The fourth-order valence-corrected chi connectivity index (χ4v) is 3.45. The number of esters is 1. The second-order valence-electron chi connectivity index (χ2n) is 7.83. The molecule has 0 aliphatic carbocycles. The molecule has 34 heavy (non-hydrogen) atoms. The largest absolute Gasteiger partial charge is 0.452 e. The minimum Gasteiger partial charge on any atom is -0.452 e. The van der Waals surface area contributed by atoms with Crippen molar-refractivity contribution in [3.63, 3.8) is 0 Å². The van der Waals surface area contributed by atoms with Crippen LogP contribution in [0.15, 0.2) is 42.5 Å². The quantitative estimate of drug-likeness (QED) is 0.504. The van der Waals surface area contributed by atoms with E-state index in [0.717, 1.165) is 36.4 Å². The Morgan fingerprint density at radius 3 is 2.21 bits per heavy atom. The van der Waals surface area contributed by atoms with Gasteiger partial charge in [0.1, 0.15) is 11.6 Å². The Bertz CT molecular complexity index is 1060. The summed E-state index contributed by atoms with van der Waals surface area (Å²) < 4.78 is 69.8. The number of carbonyl (C=O) groups is 3. The number of piperidine rings is 1. The number of rotatable bonds is 5. The molecule has 0 saturated carbocycles. The standard InChI is InChI=1S/C23H21F5N2O4/c1-13(20(31)29-19-7-6-17(24)12-18(19)25)34-22(33)15-8-10-30(11-9-15)21(32)14-2-4-16(5-3-14)23(26,27)28/h2-7,12-13,15H,8-11H2,1H3,(H,29,31). The van der Waals surface area contributed by atoms with E-state index in [-0.39, 0.29) is 37.2 Å². The van der Waals surface area contributed by atoms with Gasteiger partial charge in [-0.2, -0.15) is 13.2 Å². The fourth-order valence-electron chi connectivity index (χ4n) is 3.45. The molecule has 0 aromatic heterocycles. The van der Waals surface area contributed by atoms with Crippen molar-refractivity contribution in [3.8, 4) is 0 Å². The molecule has 0 radical (unpaired) electrons. The van der Waals surface area contributed by atoms with E-state index in [1.54, 1.807) is 0 Å². The van der Waals surface area contributed by atoms with E-state index in [2.05, 4.69) is 5.32 Å². The minimum atomic E-state index is -4.50. The van der Waals surface area contributed by atoms with Gasteiger partial charge in [-0.3, -0.25) is 14.4 Å². The smallest absolute Gasteiger partial charge is 0.416 e. The number of hydrogen-bond acceptors (Lipinski definition) is 4. The van der Waals surface area contributed by atoms with Gasteiger partial charge in [0.25, 0.3) is 11.8 Å². The summed E-state index contributed by atoms with van der Waals surface area (Å²) in [6.45, 7) is 1.67. The van der Waals surface area contributed by atoms with Crippen molar-refractivity contribution in [2.24, 2.45) is 5.92 Å². The van der Waals surface area contributed by atoms with Crippen LogP contribution in [0.3, 0.4) is 0 Å². The number of anilines is 1. The van der Waals surface area contributed by atoms with E-state index in [4.69, 9.17) is 4.74 Å². The molecule has 6 nitrogen and oxygen atoms in total. The molecular weight excluding hydrogens is 463 g/mol. The zero-order chi connectivity index (χ0) is 25.0. The van der Waals surface area contributed by atoms with E-state index in [1.807, 2.05) is 0 Å². The first kappa shape index (κ1) is 25.1. The summed E-state index contributed by atoms with van der Waals surface area (Å²) in [5.74, 6) is -4.28. The lowest BCUT2D eigenvalue weighted by Crippen LogP contribution is -2.41. The topological polar surface area (TPSA) is 75.7 Å². The van der Waals surface area contributed by atoms with Crippen molar-refractivity contribution in [1.29, 1.82) is 0 Å². The highest BCUT2D eigenvalue weighted by Crippen LogP contribution is 2.29. The van der Waals surface area contributed by atoms with Crippen LogP contribution in [0.2, 0.25) is 0 Å². The molecule has 1 atom stereocenters. The summed E-state index contributed by atoms with van der Waals surface area (Å²) in [7, 11) is 0. The summed E-state index contributed by atoms with van der Waals surface area (Å²) in [4.78, 5) is 38.6. The van der Waals surface area contributed by atoms with Crippen LogP contribution in [0.5, 0.6) is 0 Å². The van der Waals surface area contributed by atoms with E-state index < -0.39 is 53.2 Å². The zero-order valence-electron chi connectivity index (χ0n) is 18.0. The Morgan fingerprint density at radius 2 is 1.65 bits per heavy atom. The van der Waals surface area contributed by atoms with Gasteiger partial charge < -0.3 is 15.0 Å². The van der Waals surface area contributed by atoms with Crippen molar-refractivity contribution >= 4 is 23.5 Å². The first-order valence-corrected chi connectivity index (χ1v) is 10.4. The normalized spacial score (nSPS) is 15.5. The van der Waals surface area contributed by atoms with Gasteiger partial charge in [-0.25, -0.2) is 8.78 Å². The first-order chi connectivity index (χ1) is 16.0. The number of hydrogen-bond donors (Lipinski definition) is 1. The average Bonchev–Trinajstić information content (AvgIpc) is 2.80.